The maximum Gasteiger partial charge on any atom is 0.315 e. The number of aliphatic hydroxyl groups is 8. The first kappa shape index (κ1) is 56.4. The molecular weight excluding hydrogens is 881 g/mol. The van der Waals surface area contributed by atoms with Crippen LogP contribution in [0.5, 0.6) is 0 Å². The van der Waals surface area contributed by atoms with Crippen molar-refractivity contribution in [3.8, 4) is 0 Å². The number of amides is 4. The highest BCUT2D eigenvalue weighted by Gasteiger charge is 2.51. The molecule has 4 fully saturated rings. The average Bonchev–Trinajstić information content (AvgIpc) is 3.87. The number of nitrogens with one attached hydrogen (secondary N) is 4. The molecule has 4 rings (SSSR count). The van der Waals surface area contributed by atoms with Gasteiger partial charge >= 0.3 is 6.03 Å². The summed E-state index contributed by atoms with van der Waals surface area (Å²) in [6, 6.07) is -0.751. The van der Waals surface area contributed by atoms with Gasteiger partial charge in [-0.3, -0.25) is 9.59 Å². The third-order valence-electron chi connectivity index (χ3n) is 13.0. The molecule has 20 heteroatoms. The molecule has 0 saturated carbocycles. The van der Waals surface area contributed by atoms with Crippen LogP contribution >= 0.6 is 11.8 Å². The van der Waals surface area contributed by atoms with Gasteiger partial charge in [-0.25, -0.2) is 4.79 Å². The number of carbonyl (C=O) groups is 3. The molecular formula is C46H82N4O15S. The zero-order valence-electron chi connectivity index (χ0n) is 38.8. The lowest BCUT2D eigenvalue weighted by Crippen LogP contribution is -2.65. The summed E-state index contributed by atoms with van der Waals surface area (Å²) < 4.78 is 22.6. The van der Waals surface area contributed by atoms with E-state index in [1.54, 1.807) is 6.08 Å². The Morgan fingerprint density at radius 3 is 2.08 bits per heavy atom. The van der Waals surface area contributed by atoms with Crippen molar-refractivity contribution in [3.05, 3.63) is 12.2 Å². The van der Waals surface area contributed by atoms with Crippen LogP contribution in [-0.4, -0.2) is 182 Å². The van der Waals surface area contributed by atoms with Crippen molar-refractivity contribution in [1.29, 1.82) is 0 Å². The molecule has 0 spiro atoms. The van der Waals surface area contributed by atoms with E-state index in [0.717, 1.165) is 50.7 Å². The SMILES string of the molecule is CCCCCCCCCCCCC/C=C/[C@@H](O)[C@H](CO[C@@H]1O[C@H](CO)[C@@H](O[C@@H]2O[C@H](CO)[C@H](O)[C@H](O)[C@H]2O)[C@H](O)[C@H]1O)NC(=O)CCCCCNC(=O)CCCC[C@@H]1SC[C@@H]2NC(=O)N[C@@H]21. The van der Waals surface area contributed by atoms with E-state index in [9.17, 15) is 55.2 Å². The zero-order valence-corrected chi connectivity index (χ0v) is 39.7. The summed E-state index contributed by atoms with van der Waals surface area (Å²) in [5.41, 5.74) is 0. The number of rotatable bonds is 33. The molecule has 382 valence electrons. The Balaban J connectivity index is 1.20. The quantitative estimate of drug-likeness (QED) is 0.0249. The molecule has 4 aliphatic rings. The Bertz CT molecular complexity index is 1420. The second-order valence-corrected chi connectivity index (χ2v) is 19.6. The van der Waals surface area contributed by atoms with Crippen molar-refractivity contribution in [2.75, 3.05) is 32.1 Å². The molecule has 0 aromatic rings. The van der Waals surface area contributed by atoms with Gasteiger partial charge in [0.2, 0.25) is 11.8 Å². The molecule has 0 unspecified atom stereocenters. The van der Waals surface area contributed by atoms with Crippen molar-refractivity contribution in [3.63, 3.8) is 0 Å². The molecule has 4 amide bonds. The van der Waals surface area contributed by atoms with Gasteiger partial charge < -0.3 is 81.1 Å². The first-order valence-electron chi connectivity index (χ1n) is 24.7. The predicted octanol–water partition coefficient (Wildman–Crippen LogP) is 1.13. The Kier molecular flexibility index (Phi) is 26.6. The maximum absolute atomic E-state index is 13.2. The Labute approximate surface area is 394 Å². The van der Waals surface area contributed by atoms with Crippen LogP contribution in [0.2, 0.25) is 0 Å². The van der Waals surface area contributed by atoms with Crippen LogP contribution in [0.15, 0.2) is 12.2 Å². The van der Waals surface area contributed by atoms with Gasteiger partial charge in [0.25, 0.3) is 0 Å². The predicted molar refractivity (Wildman–Crippen MR) is 246 cm³/mol. The molecule has 4 heterocycles. The van der Waals surface area contributed by atoms with E-state index >= 15 is 0 Å². The van der Waals surface area contributed by atoms with E-state index in [0.29, 0.717) is 37.5 Å². The minimum atomic E-state index is -1.81. The Morgan fingerprint density at radius 2 is 1.38 bits per heavy atom. The second kappa shape index (κ2) is 31.1. The highest BCUT2D eigenvalue weighted by atomic mass is 32.2. The average molecular weight is 963 g/mol. The summed E-state index contributed by atoms with van der Waals surface area (Å²) in [7, 11) is 0. The maximum atomic E-state index is 13.2. The van der Waals surface area contributed by atoms with E-state index in [1.807, 2.05) is 17.8 Å². The van der Waals surface area contributed by atoms with Crippen LogP contribution in [0.4, 0.5) is 4.79 Å². The highest BCUT2D eigenvalue weighted by Crippen LogP contribution is 2.33. The molecule has 0 bridgehead atoms. The molecule has 4 aliphatic heterocycles. The van der Waals surface area contributed by atoms with Crippen LogP contribution in [0.3, 0.4) is 0 Å². The number of carbonyl (C=O) groups excluding carboxylic acids is 3. The number of unbranched alkanes of at least 4 members (excludes halogenated alkanes) is 14. The summed E-state index contributed by atoms with van der Waals surface area (Å²) in [6.45, 7) is 0.875. The lowest BCUT2D eigenvalue weighted by atomic mass is 9.97. The van der Waals surface area contributed by atoms with Crippen molar-refractivity contribution < 1.29 is 74.2 Å². The summed E-state index contributed by atoms with van der Waals surface area (Å²) in [5, 5.41) is 95.8. The fourth-order valence-corrected chi connectivity index (χ4v) is 10.4. The lowest BCUT2D eigenvalue weighted by Gasteiger charge is -2.46. The van der Waals surface area contributed by atoms with Gasteiger partial charge in [-0.05, 0) is 38.5 Å². The van der Waals surface area contributed by atoms with Gasteiger partial charge in [0.1, 0.15) is 48.8 Å². The number of hydrogen-bond donors (Lipinski definition) is 12. The molecule has 66 heavy (non-hydrogen) atoms. The van der Waals surface area contributed by atoms with Crippen LogP contribution < -0.4 is 21.3 Å². The van der Waals surface area contributed by atoms with Gasteiger partial charge in [0, 0.05) is 30.4 Å². The molecule has 19 nitrogen and oxygen atoms in total. The Hall–Kier alpha value is -2.18. The fraction of sp³-hybridized carbons (Fsp3) is 0.891. The topological polar surface area (TPSA) is 298 Å². The van der Waals surface area contributed by atoms with E-state index in [1.165, 1.54) is 51.4 Å². The molecule has 0 aromatic carbocycles. The van der Waals surface area contributed by atoms with Crippen LogP contribution in [0.25, 0.3) is 0 Å². The van der Waals surface area contributed by atoms with Gasteiger partial charge in [-0.15, -0.1) is 0 Å². The summed E-state index contributed by atoms with van der Waals surface area (Å²) in [6.07, 6.45) is 5.19. The smallest absolute Gasteiger partial charge is 0.315 e. The minimum Gasteiger partial charge on any atom is -0.394 e. The van der Waals surface area contributed by atoms with Gasteiger partial charge in [-0.1, -0.05) is 96.1 Å². The van der Waals surface area contributed by atoms with Crippen molar-refractivity contribution in [2.24, 2.45) is 0 Å². The van der Waals surface area contributed by atoms with E-state index < -0.39 is 86.8 Å². The van der Waals surface area contributed by atoms with E-state index in [-0.39, 0.29) is 43.0 Å². The third-order valence-corrected chi connectivity index (χ3v) is 14.5. The number of aliphatic hydroxyl groups excluding tert-OH is 8. The van der Waals surface area contributed by atoms with Crippen molar-refractivity contribution >= 4 is 29.6 Å². The molecule has 0 aromatic heterocycles. The van der Waals surface area contributed by atoms with Crippen LogP contribution in [0, 0.1) is 0 Å². The van der Waals surface area contributed by atoms with E-state index in [4.69, 9.17) is 18.9 Å². The van der Waals surface area contributed by atoms with Crippen LogP contribution in [-0.2, 0) is 28.5 Å². The van der Waals surface area contributed by atoms with Gasteiger partial charge in [0.15, 0.2) is 12.6 Å². The number of thioether (sulfide) groups is 1. The summed E-state index contributed by atoms with van der Waals surface area (Å²) in [5.74, 6) is 0.538. The van der Waals surface area contributed by atoms with Crippen molar-refractivity contribution in [1.82, 2.24) is 21.3 Å². The zero-order chi connectivity index (χ0) is 47.8. The van der Waals surface area contributed by atoms with Crippen molar-refractivity contribution in [2.45, 2.75) is 226 Å². The molecule has 12 N–H and O–H groups in total. The minimum absolute atomic E-state index is 0.0179. The van der Waals surface area contributed by atoms with Gasteiger partial charge in [0.05, 0.1) is 44.1 Å². The fourth-order valence-electron chi connectivity index (χ4n) is 8.87. The number of ether oxygens (including phenoxy) is 4. The molecule has 0 radical (unpaired) electrons. The standard InChI is InChI=1S/C46H82N4O15S/c1-2-3-4-5-6-7-8-9-10-11-12-13-15-20-31(53)29(27-62-44-42(60)40(58)43(33(26-52)64-44)65-45-41(59)39(57)38(56)32(25-51)63-45)48-36(55)23-16-14-19-24-47-35(54)22-18-17-21-34-37-30(28-66-34)49-46(61)50-37/h15,20,29-34,37-45,51-53,56-60H,2-14,16-19,21-28H2,1H3,(H,47,54)(H,48,55)(H2,49,50,61)/b20-15+/t29-,30-,31+,32+,33+,34-,37-,38-,39-,40+,41+,42+,43+,44+,45-/m0/s1. The van der Waals surface area contributed by atoms with Crippen LogP contribution in [0.1, 0.15) is 135 Å². The Morgan fingerprint density at radius 1 is 0.758 bits per heavy atom. The molecule has 0 aliphatic carbocycles. The first-order chi connectivity index (χ1) is 31.9. The van der Waals surface area contributed by atoms with Gasteiger partial charge in [-0.2, -0.15) is 11.8 Å². The third kappa shape index (κ3) is 18.6. The number of allylic oxidation sites excluding steroid dienone is 1. The lowest BCUT2D eigenvalue weighted by molar-refractivity contribution is -0.359. The number of hydrogen-bond acceptors (Lipinski definition) is 16. The highest BCUT2D eigenvalue weighted by molar-refractivity contribution is 8.00. The monoisotopic (exact) mass is 963 g/mol. The second-order valence-electron chi connectivity index (χ2n) is 18.3. The molecule has 4 saturated heterocycles. The normalized spacial score (nSPS) is 31.9. The van der Waals surface area contributed by atoms with E-state index in [2.05, 4.69) is 28.2 Å². The summed E-state index contributed by atoms with van der Waals surface area (Å²) >= 11 is 1.86. The molecule has 15 atom stereocenters. The largest absolute Gasteiger partial charge is 0.394 e. The number of fused-ring (bicyclic) bond motifs is 1. The number of urea groups is 1. The first-order valence-corrected chi connectivity index (χ1v) is 25.7. The summed E-state index contributed by atoms with van der Waals surface area (Å²) in [4.78, 5) is 37.2.